The quantitative estimate of drug-likeness (QED) is 0.195. The van der Waals surface area contributed by atoms with Crippen LogP contribution in [-0.2, 0) is 16.0 Å². The Hall–Kier alpha value is -4.16. The lowest BCUT2D eigenvalue weighted by Crippen LogP contribution is -2.47. The Kier molecular flexibility index (Phi) is 10.3. The number of benzene rings is 2. The molecule has 4 heterocycles. The van der Waals surface area contributed by atoms with Crippen molar-refractivity contribution in [1.29, 1.82) is 0 Å². The van der Waals surface area contributed by atoms with Gasteiger partial charge >= 0.3 is 5.69 Å². The summed E-state index contributed by atoms with van der Waals surface area (Å²) in [6.45, 7) is 14.4. The highest BCUT2D eigenvalue weighted by Gasteiger charge is 2.39. The first kappa shape index (κ1) is 32.8. The minimum atomic E-state index is -0.502. The third-order valence-electron chi connectivity index (χ3n) is 9.44. The van der Waals surface area contributed by atoms with Gasteiger partial charge in [-0.15, -0.1) is 0 Å². The number of hydrogen-bond acceptors (Lipinski definition) is 9. The molecular weight excluding hydrogens is 596 g/mol. The van der Waals surface area contributed by atoms with Gasteiger partial charge in [0.05, 0.1) is 50.0 Å². The van der Waals surface area contributed by atoms with Crippen LogP contribution in [0.3, 0.4) is 0 Å². The molecule has 0 aliphatic carbocycles. The molecule has 2 aromatic carbocycles. The van der Waals surface area contributed by atoms with Gasteiger partial charge in [-0.2, -0.15) is 20.1 Å². The molecule has 4 unspecified atom stereocenters. The lowest BCUT2D eigenvalue weighted by Gasteiger charge is -2.37. The van der Waals surface area contributed by atoms with Gasteiger partial charge in [-0.05, 0) is 81.6 Å². The number of anilines is 2. The van der Waals surface area contributed by atoms with E-state index in [0.29, 0.717) is 19.8 Å². The van der Waals surface area contributed by atoms with Crippen LogP contribution in [0.4, 0.5) is 11.4 Å². The summed E-state index contributed by atoms with van der Waals surface area (Å²) in [7, 11) is 0. The van der Waals surface area contributed by atoms with Crippen LogP contribution < -0.4 is 20.2 Å². The zero-order chi connectivity index (χ0) is 32.8. The van der Waals surface area contributed by atoms with Gasteiger partial charge in [0.2, 0.25) is 0 Å². The number of aromatic nitrogens is 6. The highest BCUT2D eigenvalue weighted by molar-refractivity contribution is 5.54. The van der Waals surface area contributed by atoms with Crippen molar-refractivity contribution in [2.24, 2.45) is 5.92 Å². The molecule has 0 saturated carbocycles. The van der Waals surface area contributed by atoms with E-state index in [1.165, 1.54) is 5.69 Å². The molecule has 0 bridgehead atoms. The average Bonchev–Trinajstić information content (AvgIpc) is 3.90. The van der Waals surface area contributed by atoms with Gasteiger partial charge < -0.3 is 24.0 Å². The Balaban J connectivity index is 0.961. The van der Waals surface area contributed by atoms with E-state index in [4.69, 9.17) is 14.2 Å². The fraction of sp³-hybridized carbons (Fsp3) is 0.543. The van der Waals surface area contributed by atoms with Crippen molar-refractivity contribution in [3.8, 4) is 11.4 Å². The SMILES string of the molecule is CCC(C)n1ncn(-c2ccc(N3CCN(c4ccc(OCC(C)COC(C)(Cn5nccn5)C5CCCO5)cc4)CC3)cc2)c1=O. The van der Waals surface area contributed by atoms with E-state index < -0.39 is 5.60 Å². The summed E-state index contributed by atoms with van der Waals surface area (Å²) in [4.78, 5) is 19.3. The molecule has 6 rings (SSSR count). The molecule has 2 aliphatic rings. The van der Waals surface area contributed by atoms with Crippen molar-refractivity contribution >= 4 is 11.4 Å². The second-order valence-electron chi connectivity index (χ2n) is 13.1. The monoisotopic (exact) mass is 644 g/mol. The molecule has 0 radical (unpaired) electrons. The summed E-state index contributed by atoms with van der Waals surface area (Å²) in [5, 5.41) is 12.9. The lowest BCUT2D eigenvalue weighted by molar-refractivity contribution is -0.139. The molecule has 4 atom stereocenters. The third kappa shape index (κ3) is 7.70. The van der Waals surface area contributed by atoms with E-state index in [9.17, 15) is 4.79 Å². The van der Waals surface area contributed by atoms with Crippen LogP contribution in [0.25, 0.3) is 5.69 Å². The maximum Gasteiger partial charge on any atom is 0.350 e. The van der Waals surface area contributed by atoms with E-state index in [-0.39, 0.29) is 23.8 Å². The zero-order valence-electron chi connectivity index (χ0n) is 28.1. The van der Waals surface area contributed by atoms with Crippen LogP contribution in [0.5, 0.6) is 5.75 Å². The van der Waals surface area contributed by atoms with E-state index in [2.05, 4.69) is 82.3 Å². The van der Waals surface area contributed by atoms with Crippen LogP contribution in [0.15, 0.2) is 72.0 Å². The fourth-order valence-corrected chi connectivity index (χ4v) is 6.29. The highest BCUT2D eigenvalue weighted by Crippen LogP contribution is 2.30. The summed E-state index contributed by atoms with van der Waals surface area (Å²) in [6.07, 6.45) is 7.90. The second-order valence-corrected chi connectivity index (χ2v) is 13.1. The van der Waals surface area contributed by atoms with Gasteiger partial charge in [-0.1, -0.05) is 13.8 Å². The zero-order valence-corrected chi connectivity index (χ0v) is 28.1. The topological polar surface area (TPSA) is 105 Å². The van der Waals surface area contributed by atoms with Gasteiger partial charge in [0, 0.05) is 50.1 Å². The Morgan fingerprint density at radius 2 is 1.51 bits per heavy atom. The number of rotatable bonds is 14. The molecule has 12 heteroatoms. The van der Waals surface area contributed by atoms with Crippen LogP contribution in [0.2, 0.25) is 0 Å². The van der Waals surface area contributed by atoms with E-state index in [0.717, 1.165) is 69.2 Å². The summed E-state index contributed by atoms with van der Waals surface area (Å²) >= 11 is 0. The van der Waals surface area contributed by atoms with Gasteiger partial charge in [0.1, 0.15) is 17.7 Å². The molecule has 2 saturated heterocycles. The van der Waals surface area contributed by atoms with Gasteiger partial charge in [0.25, 0.3) is 0 Å². The van der Waals surface area contributed by atoms with Crippen molar-refractivity contribution in [3.63, 3.8) is 0 Å². The van der Waals surface area contributed by atoms with E-state index in [1.54, 1.807) is 32.8 Å². The van der Waals surface area contributed by atoms with Crippen LogP contribution in [-0.4, -0.2) is 87.0 Å². The predicted molar refractivity (Wildman–Crippen MR) is 182 cm³/mol. The molecule has 2 fully saturated rings. The first-order valence-corrected chi connectivity index (χ1v) is 16.9. The molecule has 252 valence electrons. The number of nitrogens with zero attached hydrogens (tertiary/aromatic N) is 8. The normalized spacial score (nSPS) is 19.4. The van der Waals surface area contributed by atoms with Crippen LogP contribution in [0.1, 0.15) is 53.0 Å². The largest absolute Gasteiger partial charge is 0.493 e. The van der Waals surface area contributed by atoms with E-state index >= 15 is 0 Å². The van der Waals surface area contributed by atoms with E-state index in [1.807, 2.05) is 19.1 Å². The number of ether oxygens (including phenoxy) is 3. The summed E-state index contributed by atoms with van der Waals surface area (Å²) in [6, 6.07) is 16.7. The second kappa shape index (κ2) is 14.7. The van der Waals surface area contributed by atoms with Crippen molar-refractivity contribution in [1.82, 2.24) is 29.3 Å². The smallest absolute Gasteiger partial charge is 0.350 e. The first-order chi connectivity index (χ1) is 22.8. The highest BCUT2D eigenvalue weighted by atomic mass is 16.6. The first-order valence-electron chi connectivity index (χ1n) is 16.9. The van der Waals surface area contributed by atoms with Crippen molar-refractivity contribution < 1.29 is 14.2 Å². The van der Waals surface area contributed by atoms with Crippen molar-refractivity contribution in [2.45, 2.75) is 71.2 Å². The molecule has 0 N–H and O–H groups in total. The number of hydrogen-bond donors (Lipinski definition) is 0. The predicted octanol–water partition coefficient (Wildman–Crippen LogP) is 4.59. The van der Waals surface area contributed by atoms with Gasteiger partial charge in [0.15, 0.2) is 0 Å². The standard InChI is InChI=1S/C35H48N8O4/c1-5-28(3)43-34(44)41(26-38-43)31-10-8-29(9-11-31)39-18-20-40(21-19-39)30-12-14-32(15-13-30)46-23-27(2)24-47-35(4,33-7-6-22-45-33)25-42-36-16-17-37-42/h8-17,26-28,33H,5-7,18-25H2,1-4H3. The lowest BCUT2D eigenvalue weighted by atomic mass is 9.96. The van der Waals surface area contributed by atoms with Crippen molar-refractivity contribution in [2.75, 3.05) is 55.8 Å². The molecule has 47 heavy (non-hydrogen) atoms. The molecule has 2 aliphatic heterocycles. The average molecular weight is 645 g/mol. The molecule has 2 aromatic heterocycles. The number of piperazine rings is 1. The van der Waals surface area contributed by atoms with Gasteiger partial charge in [-0.3, -0.25) is 0 Å². The Bertz CT molecular complexity index is 1590. The maximum absolute atomic E-state index is 12.8. The Labute approximate surface area is 276 Å². The van der Waals surface area contributed by atoms with Crippen LogP contribution >= 0.6 is 0 Å². The maximum atomic E-state index is 12.8. The molecule has 0 amide bonds. The molecule has 0 spiro atoms. The van der Waals surface area contributed by atoms with Crippen LogP contribution in [0, 0.1) is 5.92 Å². The summed E-state index contributed by atoms with van der Waals surface area (Å²) in [5.74, 6) is 1.06. The Morgan fingerprint density at radius 3 is 2.11 bits per heavy atom. The van der Waals surface area contributed by atoms with Gasteiger partial charge in [-0.25, -0.2) is 14.0 Å². The molecule has 12 nitrogen and oxygen atoms in total. The fourth-order valence-electron chi connectivity index (χ4n) is 6.29. The minimum Gasteiger partial charge on any atom is -0.493 e. The molecular formula is C35H48N8O4. The minimum absolute atomic E-state index is 0.0277. The van der Waals surface area contributed by atoms with Crippen molar-refractivity contribution in [3.05, 3.63) is 77.7 Å². The molecule has 4 aromatic rings. The summed E-state index contributed by atoms with van der Waals surface area (Å²) in [5.41, 5.74) is 2.58. The Morgan fingerprint density at radius 1 is 0.894 bits per heavy atom. The summed E-state index contributed by atoms with van der Waals surface area (Å²) < 4.78 is 21.8. The third-order valence-corrected chi connectivity index (χ3v) is 9.44.